The fraction of sp³-hybridized carbons (Fsp3) is 0.306. The predicted molar refractivity (Wildman–Crippen MR) is 176 cm³/mol. The molecular weight excluding hydrogens is 600 g/mol. The van der Waals surface area contributed by atoms with Crippen LogP contribution in [-0.4, -0.2) is 62.9 Å². The van der Waals surface area contributed by atoms with Crippen molar-refractivity contribution in [2.75, 3.05) is 18.1 Å². The number of nitrogens with zero attached hydrogens (tertiary/aromatic N) is 3. The molecule has 11 heteroatoms. The van der Waals surface area contributed by atoms with Crippen molar-refractivity contribution in [3.05, 3.63) is 101 Å². The number of hydrogen-bond acceptors (Lipinski definition) is 6. The molecule has 0 spiro atoms. The number of carbonyl (C=O) groups is 4. The smallest absolute Gasteiger partial charge is 0.326 e. The Morgan fingerprint density at radius 1 is 1.02 bits per heavy atom. The second-order valence-corrected chi connectivity index (χ2v) is 11.7. The molecule has 2 amide bonds. The Bertz CT molecular complexity index is 1800. The largest absolute Gasteiger partial charge is 0.493 e. The lowest BCUT2D eigenvalue weighted by atomic mass is 9.93. The van der Waals surface area contributed by atoms with Crippen molar-refractivity contribution in [1.29, 1.82) is 0 Å². The number of aryl methyl sites for hydroxylation is 1. The number of hydrogen-bond donors (Lipinski definition) is 3. The molecule has 0 saturated heterocycles. The van der Waals surface area contributed by atoms with Gasteiger partial charge in [-0.15, -0.1) is 0 Å². The fourth-order valence-corrected chi connectivity index (χ4v) is 5.78. The van der Waals surface area contributed by atoms with Gasteiger partial charge in [-0.2, -0.15) is 5.10 Å². The molecule has 11 nitrogen and oxygen atoms in total. The van der Waals surface area contributed by atoms with Gasteiger partial charge < -0.3 is 25.2 Å². The van der Waals surface area contributed by atoms with E-state index in [-0.39, 0.29) is 11.5 Å². The summed E-state index contributed by atoms with van der Waals surface area (Å²) < 4.78 is 7.71. The Labute approximate surface area is 272 Å². The molecule has 47 heavy (non-hydrogen) atoms. The highest BCUT2D eigenvalue weighted by Gasteiger charge is 2.26. The van der Waals surface area contributed by atoms with Gasteiger partial charge in [0.25, 0.3) is 5.91 Å². The van der Waals surface area contributed by atoms with Crippen molar-refractivity contribution in [2.45, 2.75) is 58.5 Å². The molecule has 1 aromatic heterocycles. The highest BCUT2D eigenvalue weighted by atomic mass is 16.5. The van der Waals surface area contributed by atoms with Crippen LogP contribution in [0.2, 0.25) is 0 Å². The minimum absolute atomic E-state index is 0.0740. The van der Waals surface area contributed by atoms with E-state index in [9.17, 15) is 24.3 Å². The van der Waals surface area contributed by atoms with Crippen LogP contribution in [0.1, 0.15) is 58.3 Å². The average molecular weight is 639 g/mol. The monoisotopic (exact) mass is 638 g/mol. The number of rotatable bonds is 13. The van der Waals surface area contributed by atoms with Crippen molar-refractivity contribution >= 4 is 29.4 Å². The van der Waals surface area contributed by atoms with Gasteiger partial charge in [0.15, 0.2) is 0 Å². The molecule has 244 valence electrons. The standard InChI is InChI=1S/C36H38N4O7/c1-23-8-3-14-32(24(23)2)47-17-7-15-33(41)40-16-6-12-29-28(11-5-13-31(29)40)27-20-37-39(22-27)21-25-9-4-10-26(18-25)35(44)38-30(36(45)46)19-34(42)43/h3-5,8-11,13-14,18,20,22,30H,6-7,12,15-17,19,21H2,1-2H3,(H,38,44)(H,42,43)(H,45,46)/t30-/m1/s1. The highest BCUT2D eigenvalue weighted by Crippen LogP contribution is 2.36. The number of aromatic nitrogens is 2. The SMILES string of the molecule is Cc1cccc(OCCCC(=O)N2CCCc3c(-c4cnn(Cc5cccc(C(=O)N[C@H](CC(=O)O)C(=O)O)c5)c4)cccc32)c1C. The van der Waals surface area contributed by atoms with Crippen LogP contribution in [0.3, 0.4) is 0 Å². The fourth-order valence-electron chi connectivity index (χ4n) is 5.78. The van der Waals surface area contributed by atoms with E-state index in [1.54, 1.807) is 23.0 Å². The summed E-state index contributed by atoms with van der Waals surface area (Å²) in [5, 5.41) is 25.0. The predicted octanol–water partition coefficient (Wildman–Crippen LogP) is 5.01. The van der Waals surface area contributed by atoms with Crippen LogP contribution in [0.5, 0.6) is 5.75 Å². The van der Waals surface area contributed by atoms with Crippen LogP contribution in [-0.2, 0) is 27.3 Å². The van der Waals surface area contributed by atoms with Gasteiger partial charge in [-0.25, -0.2) is 4.79 Å². The first-order valence-electron chi connectivity index (χ1n) is 15.6. The maximum absolute atomic E-state index is 13.3. The number of amides is 2. The first-order valence-corrected chi connectivity index (χ1v) is 15.6. The molecular formula is C36H38N4O7. The third-order valence-corrected chi connectivity index (χ3v) is 8.36. The number of nitrogens with one attached hydrogen (secondary N) is 1. The summed E-state index contributed by atoms with van der Waals surface area (Å²) in [7, 11) is 0. The quantitative estimate of drug-likeness (QED) is 0.173. The van der Waals surface area contributed by atoms with E-state index in [1.807, 2.05) is 54.4 Å². The van der Waals surface area contributed by atoms with Crippen molar-refractivity contribution in [1.82, 2.24) is 15.1 Å². The zero-order chi connectivity index (χ0) is 33.5. The number of carboxylic acids is 2. The van der Waals surface area contributed by atoms with Crippen LogP contribution in [0.25, 0.3) is 11.1 Å². The number of carbonyl (C=O) groups excluding carboxylic acids is 2. The van der Waals surface area contributed by atoms with Gasteiger partial charge in [0.2, 0.25) is 5.91 Å². The summed E-state index contributed by atoms with van der Waals surface area (Å²) in [5.41, 5.74) is 7.19. The van der Waals surface area contributed by atoms with Crippen LogP contribution in [0.4, 0.5) is 5.69 Å². The van der Waals surface area contributed by atoms with E-state index < -0.39 is 30.3 Å². The van der Waals surface area contributed by atoms with Crippen LogP contribution in [0.15, 0.2) is 73.1 Å². The normalized spacial score (nSPS) is 13.0. The van der Waals surface area contributed by atoms with Gasteiger partial charge in [0.1, 0.15) is 11.8 Å². The van der Waals surface area contributed by atoms with Crippen molar-refractivity contribution < 1.29 is 34.1 Å². The lowest BCUT2D eigenvalue weighted by Gasteiger charge is -2.31. The van der Waals surface area contributed by atoms with E-state index in [2.05, 4.69) is 23.4 Å². The molecule has 4 aromatic rings. The summed E-state index contributed by atoms with van der Waals surface area (Å²) >= 11 is 0. The number of aliphatic carboxylic acids is 2. The first kappa shape index (κ1) is 32.9. The topological polar surface area (TPSA) is 151 Å². The molecule has 0 bridgehead atoms. The Morgan fingerprint density at radius 3 is 2.60 bits per heavy atom. The molecule has 3 aromatic carbocycles. The van der Waals surface area contributed by atoms with Crippen LogP contribution >= 0.6 is 0 Å². The minimum atomic E-state index is -1.54. The van der Waals surface area contributed by atoms with Gasteiger partial charge in [-0.1, -0.05) is 36.4 Å². The number of carboxylic acid groups (broad SMARTS) is 2. The second-order valence-electron chi connectivity index (χ2n) is 11.7. The molecule has 5 rings (SSSR count). The van der Waals surface area contributed by atoms with Crippen LogP contribution in [0, 0.1) is 13.8 Å². The van der Waals surface area contributed by atoms with Gasteiger partial charge in [-0.3, -0.25) is 19.1 Å². The zero-order valence-electron chi connectivity index (χ0n) is 26.4. The summed E-state index contributed by atoms with van der Waals surface area (Å²) in [6, 6.07) is 17.1. The number of benzene rings is 3. The molecule has 0 unspecified atom stereocenters. The average Bonchev–Trinajstić information content (AvgIpc) is 3.51. The molecule has 1 aliphatic heterocycles. The summed E-state index contributed by atoms with van der Waals surface area (Å²) in [6.07, 6.45) is 5.67. The van der Waals surface area contributed by atoms with Gasteiger partial charge >= 0.3 is 11.9 Å². The van der Waals surface area contributed by atoms with Crippen molar-refractivity contribution in [3.8, 4) is 16.9 Å². The molecule has 3 N–H and O–H groups in total. The summed E-state index contributed by atoms with van der Waals surface area (Å²) in [4.78, 5) is 50.2. The van der Waals surface area contributed by atoms with Gasteiger partial charge in [0, 0.05) is 36.0 Å². The summed E-state index contributed by atoms with van der Waals surface area (Å²) in [5.74, 6) is -2.49. The van der Waals surface area contributed by atoms with E-state index in [0.717, 1.165) is 52.1 Å². The zero-order valence-corrected chi connectivity index (χ0v) is 26.4. The first-order chi connectivity index (χ1) is 22.6. The molecule has 2 heterocycles. The Kier molecular flexibility index (Phi) is 10.3. The van der Waals surface area contributed by atoms with E-state index in [0.29, 0.717) is 32.5 Å². The Morgan fingerprint density at radius 2 is 1.81 bits per heavy atom. The van der Waals surface area contributed by atoms with Crippen molar-refractivity contribution in [2.24, 2.45) is 0 Å². The van der Waals surface area contributed by atoms with Gasteiger partial charge in [-0.05, 0) is 85.2 Å². The molecule has 0 aliphatic carbocycles. The molecule has 0 fully saturated rings. The van der Waals surface area contributed by atoms with E-state index in [1.165, 1.54) is 11.6 Å². The second kappa shape index (κ2) is 14.8. The third-order valence-electron chi connectivity index (χ3n) is 8.36. The minimum Gasteiger partial charge on any atom is -0.493 e. The summed E-state index contributed by atoms with van der Waals surface area (Å²) in [6.45, 7) is 5.57. The highest BCUT2D eigenvalue weighted by molar-refractivity contribution is 5.97. The molecule has 1 atom stereocenters. The number of ether oxygens (including phenoxy) is 1. The van der Waals surface area contributed by atoms with E-state index >= 15 is 0 Å². The Balaban J connectivity index is 1.23. The number of fused-ring (bicyclic) bond motifs is 1. The lowest BCUT2D eigenvalue weighted by molar-refractivity contribution is -0.145. The molecule has 1 aliphatic rings. The maximum Gasteiger partial charge on any atom is 0.326 e. The molecule has 0 saturated carbocycles. The van der Waals surface area contributed by atoms with Crippen LogP contribution < -0.4 is 15.0 Å². The Hall–Kier alpha value is -5.45. The van der Waals surface area contributed by atoms with Gasteiger partial charge in [0.05, 0.1) is 25.8 Å². The maximum atomic E-state index is 13.3. The van der Waals surface area contributed by atoms with Crippen molar-refractivity contribution in [3.63, 3.8) is 0 Å². The lowest BCUT2D eigenvalue weighted by Crippen LogP contribution is -2.42. The third kappa shape index (κ3) is 8.04. The molecule has 0 radical (unpaired) electrons. The number of anilines is 1. The van der Waals surface area contributed by atoms with E-state index in [4.69, 9.17) is 9.84 Å².